The van der Waals surface area contributed by atoms with Gasteiger partial charge in [-0.3, -0.25) is 0 Å². The topological polar surface area (TPSA) is 54.6 Å². The summed E-state index contributed by atoms with van der Waals surface area (Å²) in [5, 5.41) is 12.7. The van der Waals surface area contributed by atoms with Crippen molar-refractivity contribution >= 4 is 11.5 Å². The maximum absolute atomic E-state index is 10.7. The summed E-state index contributed by atoms with van der Waals surface area (Å²) in [7, 11) is 0. The van der Waals surface area contributed by atoms with E-state index in [1.807, 2.05) is 18.2 Å². The minimum Gasteiger partial charge on any atom is -0.476 e. The van der Waals surface area contributed by atoms with Gasteiger partial charge in [-0.2, -0.15) is 5.10 Å². The Labute approximate surface area is 74.4 Å². The van der Waals surface area contributed by atoms with Crippen LogP contribution in [-0.4, -0.2) is 20.7 Å². The minimum absolute atomic E-state index is 0.117. The number of carboxylic acids is 1. The number of hydrogen-bond donors (Lipinski definition) is 1. The fourth-order valence-corrected chi connectivity index (χ4v) is 1.33. The van der Waals surface area contributed by atoms with E-state index in [1.54, 1.807) is 17.6 Å². The lowest BCUT2D eigenvalue weighted by Gasteiger charge is -1.89. The fourth-order valence-electron chi connectivity index (χ4n) is 1.33. The first-order valence-corrected chi connectivity index (χ1v) is 3.87. The number of aryl methyl sites for hydroxylation is 1. The molecule has 2 aromatic rings. The zero-order valence-corrected chi connectivity index (χ0v) is 7.06. The van der Waals surface area contributed by atoms with Crippen molar-refractivity contribution in [1.82, 2.24) is 9.61 Å². The first-order chi connectivity index (χ1) is 6.20. The number of fused-ring (bicyclic) bond motifs is 1. The van der Waals surface area contributed by atoms with Gasteiger partial charge in [-0.25, -0.2) is 9.31 Å². The van der Waals surface area contributed by atoms with Crippen LogP contribution >= 0.6 is 0 Å². The second kappa shape index (κ2) is 2.58. The summed E-state index contributed by atoms with van der Waals surface area (Å²) in [5.41, 5.74) is 1.65. The molecule has 4 heteroatoms. The molecule has 0 unspecified atom stereocenters. The van der Waals surface area contributed by atoms with Crippen molar-refractivity contribution in [2.45, 2.75) is 6.92 Å². The van der Waals surface area contributed by atoms with Crippen molar-refractivity contribution in [3.8, 4) is 0 Å². The number of carbonyl (C=O) groups is 1. The Morgan fingerprint density at radius 2 is 2.31 bits per heavy atom. The summed E-state index contributed by atoms with van der Waals surface area (Å²) in [6, 6.07) is 5.51. The van der Waals surface area contributed by atoms with Crippen LogP contribution in [0.3, 0.4) is 0 Å². The predicted octanol–water partition coefficient (Wildman–Crippen LogP) is 1.34. The van der Waals surface area contributed by atoms with Crippen LogP contribution in [-0.2, 0) is 0 Å². The van der Waals surface area contributed by atoms with Gasteiger partial charge in [0.05, 0.1) is 5.52 Å². The lowest BCUT2D eigenvalue weighted by atomic mass is 10.2. The van der Waals surface area contributed by atoms with E-state index in [-0.39, 0.29) is 5.69 Å². The fraction of sp³-hybridized carbons (Fsp3) is 0.111. The third kappa shape index (κ3) is 1.07. The molecule has 1 N–H and O–H groups in total. The van der Waals surface area contributed by atoms with Crippen molar-refractivity contribution in [2.24, 2.45) is 0 Å². The molecule has 0 atom stereocenters. The van der Waals surface area contributed by atoms with E-state index in [0.29, 0.717) is 5.56 Å². The van der Waals surface area contributed by atoms with Gasteiger partial charge in [0.15, 0.2) is 5.69 Å². The molecule has 0 amide bonds. The number of rotatable bonds is 1. The number of pyridine rings is 1. The van der Waals surface area contributed by atoms with Crippen molar-refractivity contribution in [3.63, 3.8) is 0 Å². The van der Waals surface area contributed by atoms with Gasteiger partial charge >= 0.3 is 5.97 Å². The zero-order valence-electron chi connectivity index (χ0n) is 7.06. The normalized spacial score (nSPS) is 10.5. The van der Waals surface area contributed by atoms with E-state index in [4.69, 9.17) is 5.11 Å². The van der Waals surface area contributed by atoms with E-state index in [2.05, 4.69) is 5.10 Å². The molecule has 0 radical (unpaired) electrons. The lowest BCUT2D eigenvalue weighted by Crippen LogP contribution is -1.99. The highest BCUT2D eigenvalue weighted by Crippen LogP contribution is 2.13. The van der Waals surface area contributed by atoms with Gasteiger partial charge in [-0.05, 0) is 19.1 Å². The van der Waals surface area contributed by atoms with Crippen molar-refractivity contribution < 1.29 is 9.90 Å². The second-order valence-electron chi connectivity index (χ2n) is 2.81. The van der Waals surface area contributed by atoms with Crippen LogP contribution in [0.4, 0.5) is 0 Å². The second-order valence-corrected chi connectivity index (χ2v) is 2.81. The smallest absolute Gasteiger partial charge is 0.356 e. The molecule has 0 saturated carbocycles. The molecular weight excluding hydrogens is 168 g/mol. The molecule has 0 spiro atoms. The van der Waals surface area contributed by atoms with Crippen LogP contribution in [0.15, 0.2) is 24.4 Å². The standard InChI is InChI=1S/C9H8N2O2/c1-6-7-4-2-3-5-11(7)10-8(6)9(12)13/h2-5H,1H3,(H,12,13). The lowest BCUT2D eigenvalue weighted by molar-refractivity contribution is 0.0689. The van der Waals surface area contributed by atoms with Crippen molar-refractivity contribution in [1.29, 1.82) is 0 Å². The number of carboxylic acid groups (broad SMARTS) is 1. The number of nitrogens with zero attached hydrogens (tertiary/aromatic N) is 2. The van der Waals surface area contributed by atoms with Crippen LogP contribution in [0.1, 0.15) is 16.1 Å². The highest BCUT2D eigenvalue weighted by atomic mass is 16.4. The third-order valence-electron chi connectivity index (χ3n) is 1.99. The SMILES string of the molecule is Cc1c(C(=O)O)nn2ccccc12. The third-order valence-corrected chi connectivity index (χ3v) is 1.99. The summed E-state index contributed by atoms with van der Waals surface area (Å²) >= 11 is 0. The summed E-state index contributed by atoms with van der Waals surface area (Å²) in [4.78, 5) is 10.7. The molecule has 66 valence electrons. The number of aromatic nitrogens is 2. The Kier molecular flexibility index (Phi) is 1.55. The molecular formula is C9H8N2O2. The average Bonchev–Trinajstić information content (AvgIpc) is 2.45. The summed E-state index contributed by atoms with van der Waals surface area (Å²) in [6.07, 6.45) is 1.73. The Morgan fingerprint density at radius 3 is 2.92 bits per heavy atom. The molecule has 0 aliphatic carbocycles. The summed E-state index contributed by atoms with van der Waals surface area (Å²) in [5.74, 6) is -0.985. The molecule has 2 rings (SSSR count). The molecule has 0 bridgehead atoms. The monoisotopic (exact) mass is 176 g/mol. The van der Waals surface area contributed by atoms with Gasteiger partial charge in [0, 0.05) is 11.8 Å². The highest BCUT2D eigenvalue weighted by Gasteiger charge is 2.13. The molecule has 13 heavy (non-hydrogen) atoms. The van der Waals surface area contributed by atoms with Gasteiger partial charge in [-0.15, -0.1) is 0 Å². The maximum atomic E-state index is 10.7. The van der Waals surface area contributed by atoms with Crippen molar-refractivity contribution in [3.05, 3.63) is 35.7 Å². The molecule has 0 aromatic carbocycles. The first kappa shape index (κ1) is 7.79. The summed E-state index contributed by atoms with van der Waals surface area (Å²) in [6.45, 7) is 1.76. The molecule has 0 aliphatic heterocycles. The zero-order chi connectivity index (χ0) is 9.42. The maximum Gasteiger partial charge on any atom is 0.356 e. The molecule has 0 saturated heterocycles. The van der Waals surface area contributed by atoms with Crippen molar-refractivity contribution in [2.75, 3.05) is 0 Å². The molecule has 2 heterocycles. The molecule has 0 fully saturated rings. The van der Waals surface area contributed by atoms with Gasteiger partial charge in [0.1, 0.15) is 0 Å². The predicted molar refractivity (Wildman–Crippen MR) is 46.9 cm³/mol. The molecule has 4 nitrogen and oxygen atoms in total. The average molecular weight is 176 g/mol. The van der Waals surface area contributed by atoms with Crippen LogP contribution in [0.25, 0.3) is 5.52 Å². The van der Waals surface area contributed by atoms with Crippen LogP contribution in [0.5, 0.6) is 0 Å². The largest absolute Gasteiger partial charge is 0.476 e. The Morgan fingerprint density at radius 1 is 1.54 bits per heavy atom. The van der Waals surface area contributed by atoms with E-state index < -0.39 is 5.97 Å². The van der Waals surface area contributed by atoms with E-state index in [9.17, 15) is 4.79 Å². The Bertz CT molecular complexity index is 473. The van der Waals surface area contributed by atoms with Gasteiger partial charge < -0.3 is 5.11 Å². The van der Waals surface area contributed by atoms with Gasteiger partial charge in [0.2, 0.25) is 0 Å². The quantitative estimate of drug-likeness (QED) is 0.713. The van der Waals surface area contributed by atoms with Gasteiger partial charge in [0.25, 0.3) is 0 Å². The number of hydrogen-bond acceptors (Lipinski definition) is 2. The Balaban J connectivity index is 2.81. The van der Waals surface area contributed by atoms with Crippen LogP contribution in [0, 0.1) is 6.92 Å². The molecule has 0 aliphatic rings. The summed E-state index contributed by atoms with van der Waals surface area (Å²) < 4.78 is 1.57. The van der Waals surface area contributed by atoms with E-state index in [0.717, 1.165) is 5.52 Å². The van der Waals surface area contributed by atoms with E-state index >= 15 is 0 Å². The van der Waals surface area contributed by atoms with Gasteiger partial charge in [-0.1, -0.05) is 6.07 Å². The van der Waals surface area contributed by atoms with Crippen LogP contribution in [0.2, 0.25) is 0 Å². The Hall–Kier alpha value is -1.84. The molecule has 2 aromatic heterocycles. The highest BCUT2D eigenvalue weighted by molar-refractivity contribution is 5.89. The first-order valence-electron chi connectivity index (χ1n) is 3.87. The van der Waals surface area contributed by atoms with E-state index in [1.165, 1.54) is 0 Å². The number of aromatic carboxylic acids is 1. The van der Waals surface area contributed by atoms with Crippen LogP contribution < -0.4 is 0 Å². The minimum atomic E-state index is -0.985.